The topological polar surface area (TPSA) is 32.3 Å². The molecular formula is C12H16FNO. The summed E-state index contributed by atoms with van der Waals surface area (Å²) in [6.07, 6.45) is 1.45. The molecule has 1 heterocycles. The second kappa shape index (κ2) is 3.91. The van der Waals surface area contributed by atoms with Gasteiger partial charge in [-0.1, -0.05) is 12.1 Å². The van der Waals surface area contributed by atoms with E-state index >= 15 is 0 Å². The summed E-state index contributed by atoms with van der Waals surface area (Å²) in [7, 11) is 0. The third kappa shape index (κ3) is 2.55. The largest absolute Gasteiger partial charge is 0.390 e. The fourth-order valence-corrected chi connectivity index (χ4v) is 2.06. The molecule has 0 radical (unpaired) electrons. The molecule has 1 aromatic carbocycles. The van der Waals surface area contributed by atoms with Crippen molar-refractivity contribution >= 4 is 0 Å². The molecule has 0 amide bonds. The van der Waals surface area contributed by atoms with Gasteiger partial charge in [0.15, 0.2) is 0 Å². The summed E-state index contributed by atoms with van der Waals surface area (Å²) in [5.74, 6) is -0.221. The van der Waals surface area contributed by atoms with Gasteiger partial charge in [-0.3, -0.25) is 0 Å². The average molecular weight is 209 g/mol. The van der Waals surface area contributed by atoms with Crippen LogP contribution in [0.25, 0.3) is 0 Å². The molecule has 2 rings (SSSR count). The molecule has 2 nitrogen and oxygen atoms in total. The minimum absolute atomic E-state index is 0.134. The van der Waals surface area contributed by atoms with Crippen LogP contribution in [0.1, 0.15) is 31.4 Å². The molecule has 1 aliphatic rings. The summed E-state index contributed by atoms with van der Waals surface area (Å²) in [5, 5.41) is 13.3. The summed E-state index contributed by atoms with van der Waals surface area (Å²) in [5.41, 5.74) is 0.431. The van der Waals surface area contributed by atoms with Crippen LogP contribution in [0.15, 0.2) is 24.3 Å². The highest BCUT2D eigenvalue weighted by atomic mass is 19.1. The first-order valence-corrected chi connectivity index (χ1v) is 5.28. The van der Waals surface area contributed by atoms with Gasteiger partial charge in [-0.25, -0.2) is 4.39 Å². The molecule has 0 spiro atoms. The lowest BCUT2D eigenvalue weighted by Gasteiger charge is -2.35. The maximum absolute atomic E-state index is 12.7. The molecule has 0 aromatic heterocycles. The third-order valence-electron chi connectivity index (χ3n) is 2.97. The van der Waals surface area contributed by atoms with E-state index in [2.05, 4.69) is 5.32 Å². The van der Waals surface area contributed by atoms with Crippen molar-refractivity contribution in [2.24, 2.45) is 0 Å². The molecule has 15 heavy (non-hydrogen) atoms. The smallest absolute Gasteiger partial charge is 0.123 e. The number of hydrogen-bond donors (Lipinski definition) is 2. The minimum Gasteiger partial charge on any atom is -0.390 e. The molecule has 1 fully saturated rings. The molecule has 0 aliphatic carbocycles. The summed E-state index contributed by atoms with van der Waals surface area (Å²) in [4.78, 5) is 0. The van der Waals surface area contributed by atoms with Crippen LogP contribution >= 0.6 is 0 Å². The zero-order valence-electron chi connectivity index (χ0n) is 8.83. The van der Waals surface area contributed by atoms with Crippen molar-refractivity contribution < 1.29 is 9.50 Å². The van der Waals surface area contributed by atoms with Crippen LogP contribution in [0.3, 0.4) is 0 Å². The number of nitrogens with one attached hydrogen (secondary N) is 1. The van der Waals surface area contributed by atoms with Gasteiger partial charge in [0, 0.05) is 6.04 Å². The van der Waals surface area contributed by atoms with Crippen molar-refractivity contribution in [2.45, 2.75) is 31.4 Å². The Bertz CT molecular complexity index is 334. The lowest BCUT2D eigenvalue weighted by atomic mass is 9.86. The number of halogens is 1. The van der Waals surface area contributed by atoms with Crippen molar-refractivity contribution in [3.63, 3.8) is 0 Å². The van der Waals surface area contributed by atoms with Crippen LogP contribution < -0.4 is 5.32 Å². The molecule has 0 bridgehead atoms. The van der Waals surface area contributed by atoms with Crippen molar-refractivity contribution in [1.82, 2.24) is 5.32 Å². The predicted octanol–water partition coefficient (Wildman–Crippen LogP) is 2.00. The van der Waals surface area contributed by atoms with E-state index in [9.17, 15) is 9.50 Å². The number of hydrogen-bond acceptors (Lipinski definition) is 2. The quantitative estimate of drug-likeness (QED) is 0.741. The number of aliphatic hydroxyl groups is 1. The molecule has 2 unspecified atom stereocenters. The Morgan fingerprint density at radius 1 is 1.40 bits per heavy atom. The van der Waals surface area contributed by atoms with E-state index in [0.717, 1.165) is 18.5 Å². The van der Waals surface area contributed by atoms with E-state index < -0.39 is 5.60 Å². The van der Waals surface area contributed by atoms with Crippen LogP contribution in [0.5, 0.6) is 0 Å². The Labute approximate surface area is 89.1 Å². The normalized spacial score (nSPS) is 31.5. The summed E-state index contributed by atoms with van der Waals surface area (Å²) in [6.45, 7) is 2.65. The van der Waals surface area contributed by atoms with Crippen LogP contribution in [-0.2, 0) is 0 Å². The number of benzene rings is 1. The zero-order valence-corrected chi connectivity index (χ0v) is 8.83. The molecule has 3 heteroatoms. The Kier molecular flexibility index (Phi) is 2.76. The molecule has 0 saturated carbocycles. The van der Waals surface area contributed by atoms with Crippen LogP contribution in [0, 0.1) is 5.82 Å². The van der Waals surface area contributed by atoms with Gasteiger partial charge < -0.3 is 10.4 Å². The first-order chi connectivity index (χ1) is 7.07. The van der Waals surface area contributed by atoms with Gasteiger partial charge in [0.1, 0.15) is 5.82 Å². The van der Waals surface area contributed by atoms with Gasteiger partial charge in [0.2, 0.25) is 0 Å². The average Bonchev–Trinajstić information content (AvgIpc) is 2.17. The monoisotopic (exact) mass is 209 g/mol. The molecule has 1 aromatic rings. The fraction of sp³-hybridized carbons (Fsp3) is 0.500. The van der Waals surface area contributed by atoms with Gasteiger partial charge in [-0.15, -0.1) is 0 Å². The van der Waals surface area contributed by atoms with Crippen LogP contribution in [0.2, 0.25) is 0 Å². The van der Waals surface area contributed by atoms with E-state index in [4.69, 9.17) is 0 Å². The van der Waals surface area contributed by atoms with Gasteiger partial charge >= 0.3 is 0 Å². The highest BCUT2D eigenvalue weighted by molar-refractivity contribution is 5.21. The molecule has 2 atom stereocenters. The first-order valence-electron chi connectivity index (χ1n) is 5.28. The maximum atomic E-state index is 12.7. The summed E-state index contributed by atoms with van der Waals surface area (Å²) in [6, 6.07) is 6.60. The standard InChI is InChI=1S/C12H16FNO/c1-12(15)6-7-14-11(8-12)9-2-4-10(13)5-3-9/h2-5,11,14-15H,6-8H2,1H3. The minimum atomic E-state index is -0.607. The Morgan fingerprint density at radius 3 is 2.67 bits per heavy atom. The van der Waals surface area contributed by atoms with Crippen molar-refractivity contribution in [3.05, 3.63) is 35.6 Å². The molecule has 2 N–H and O–H groups in total. The van der Waals surface area contributed by atoms with E-state index in [1.807, 2.05) is 6.92 Å². The van der Waals surface area contributed by atoms with Crippen molar-refractivity contribution in [1.29, 1.82) is 0 Å². The van der Waals surface area contributed by atoms with Crippen molar-refractivity contribution in [3.8, 4) is 0 Å². The van der Waals surface area contributed by atoms with E-state index in [0.29, 0.717) is 6.42 Å². The first kappa shape index (κ1) is 10.6. The Balaban J connectivity index is 2.13. The summed E-state index contributed by atoms with van der Waals surface area (Å²) < 4.78 is 12.7. The van der Waals surface area contributed by atoms with E-state index in [1.54, 1.807) is 12.1 Å². The predicted molar refractivity (Wildman–Crippen MR) is 57.0 cm³/mol. The lowest BCUT2D eigenvalue weighted by molar-refractivity contribution is 0.0132. The second-order valence-electron chi connectivity index (χ2n) is 4.51. The van der Waals surface area contributed by atoms with Crippen LogP contribution in [-0.4, -0.2) is 17.3 Å². The maximum Gasteiger partial charge on any atom is 0.123 e. The molecule has 1 aliphatic heterocycles. The number of rotatable bonds is 1. The molecule has 82 valence electrons. The molecular weight excluding hydrogens is 193 g/mol. The SMILES string of the molecule is CC1(O)CCNC(c2ccc(F)cc2)C1. The van der Waals surface area contributed by atoms with Crippen molar-refractivity contribution in [2.75, 3.05) is 6.54 Å². The highest BCUT2D eigenvalue weighted by Gasteiger charge is 2.30. The Hall–Kier alpha value is -0.930. The van der Waals surface area contributed by atoms with Crippen LogP contribution in [0.4, 0.5) is 4.39 Å². The Morgan fingerprint density at radius 2 is 2.07 bits per heavy atom. The lowest BCUT2D eigenvalue weighted by Crippen LogP contribution is -2.41. The van der Waals surface area contributed by atoms with Gasteiger partial charge in [0.25, 0.3) is 0 Å². The van der Waals surface area contributed by atoms with Gasteiger partial charge in [-0.05, 0) is 44.0 Å². The third-order valence-corrected chi connectivity index (χ3v) is 2.97. The number of piperidine rings is 1. The van der Waals surface area contributed by atoms with E-state index in [-0.39, 0.29) is 11.9 Å². The van der Waals surface area contributed by atoms with Gasteiger partial charge in [-0.2, -0.15) is 0 Å². The molecule has 1 saturated heterocycles. The van der Waals surface area contributed by atoms with E-state index in [1.165, 1.54) is 12.1 Å². The highest BCUT2D eigenvalue weighted by Crippen LogP contribution is 2.29. The summed E-state index contributed by atoms with van der Waals surface area (Å²) >= 11 is 0. The second-order valence-corrected chi connectivity index (χ2v) is 4.51. The van der Waals surface area contributed by atoms with Gasteiger partial charge in [0.05, 0.1) is 5.60 Å². The fourth-order valence-electron chi connectivity index (χ4n) is 2.06. The zero-order chi connectivity index (χ0) is 10.9.